The molecule has 0 atom stereocenters. The molecule has 6 aromatic carbocycles. The predicted molar refractivity (Wildman–Crippen MR) is 129 cm³/mol. The van der Waals surface area contributed by atoms with Gasteiger partial charge in [-0.25, -0.2) is 0 Å². The van der Waals surface area contributed by atoms with Crippen molar-refractivity contribution >= 4 is 64.8 Å². The fourth-order valence-electron chi connectivity index (χ4n) is 4.94. The van der Waals surface area contributed by atoms with Gasteiger partial charge in [0, 0.05) is 11.6 Å². The average Bonchev–Trinajstić information content (AvgIpc) is 2.81. The van der Waals surface area contributed by atoms with Crippen LogP contribution in [0.1, 0.15) is 0 Å². The second-order valence-corrected chi connectivity index (χ2v) is 8.08. The van der Waals surface area contributed by atoms with Crippen molar-refractivity contribution in [2.45, 2.75) is 0 Å². The highest BCUT2D eigenvalue weighted by molar-refractivity contribution is 6.30. The maximum absolute atomic E-state index is 4.63. The summed E-state index contributed by atoms with van der Waals surface area (Å²) in [5.41, 5.74) is 1.04. The van der Waals surface area contributed by atoms with Crippen LogP contribution in [0.15, 0.2) is 103 Å². The zero-order chi connectivity index (χ0) is 19.7. The Labute approximate surface area is 173 Å². The van der Waals surface area contributed by atoms with Crippen LogP contribution >= 0.6 is 0 Å². The first kappa shape index (κ1) is 15.9. The Balaban J connectivity index is 1.82. The summed E-state index contributed by atoms with van der Waals surface area (Å²) in [5.74, 6) is 0. The molecule has 0 aliphatic heterocycles. The number of hydrogen-bond acceptors (Lipinski definition) is 1. The number of fused-ring (bicyclic) bond motifs is 9. The lowest BCUT2D eigenvalue weighted by Crippen LogP contribution is -1.87. The Morgan fingerprint density at radius 3 is 1.20 bits per heavy atom. The quantitative estimate of drug-likeness (QED) is 0.192. The molecule has 0 saturated carbocycles. The van der Waals surface area contributed by atoms with Crippen LogP contribution in [0, 0.1) is 0 Å². The highest BCUT2D eigenvalue weighted by Gasteiger charge is 2.12. The van der Waals surface area contributed by atoms with Crippen molar-refractivity contribution in [1.29, 1.82) is 0 Å². The lowest BCUT2D eigenvalue weighted by atomic mass is 9.90. The second kappa shape index (κ2) is 5.77. The van der Waals surface area contributed by atoms with Crippen LogP contribution < -0.4 is 0 Å². The molecule has 0 bridgehead atoms. The van der Waals surface area contributed by atoms with Crippen LogP contribution in [0.2, 0.25) is 0 Å². The van der Waals surface area contributed by atoms with Gasteiger partial charge in [-0.05, 0) is 96.3 Å². The fourth-order valence-corrected chi connectivity index (χ4v) is 4.94. The lowest BCUT2D eigenvalue weighted by molar-refractivity contribution is 1.42. The van der Waals surface area contributed by atoms with Gasteiger partial charge in [0.2, 0.25) is 0 Å². The van der Waals surface area contributed by atoms with E-state index in [9.17, 15) is 0 Å². The normalized spacial score (nSPS) is 12.0. The molecule has 1 heterocycles. The number of nitrogens with zero attached hydrogens (tertiary/aromatic N) is 1. The van der Waals surface area contributed by atoms with Gasteiger partial charge >= 0.3 is 0 Å². The Bertz CT molecular complexity index is 1420. The summed E-state index contributed by atoms with van der Waals surface area (Å²) in [6.45, 7) is 0. The Morgan fingerprint density at radius 2 is 0.733 bits per heavy atom. The van der Waals surface area contributed by atoms with E-state index in [1.807, 2.05) is 12.3 Å². The molecule has 7 aromatic rings. The monoisotopic (exact) mass is 379 g/mol. The zero-order valence-electron chi connectivity index (χ0n) is 16.3. The van der Waals surface area contributed by atoms with Crippen LogP contribution in [0.25, 0.3) is 64.8 Å². The summed E-state index contributed by atoms with van der Waals surface area (Å²) in [4.78, 5) is 4.63. The van der Waals surface area contributed by atoms with Gasteiger partial charge in [0.25, 0.3) is 0 Å². The van der Waals surface area contributed by atoms with Gasteiger partial charge in [-0.3, -0.25) is 4.98 Å². The summed E-state index contributed by atoms with van der Waals surface area (Å²) in [7, 11) is 0. The van der Waals surface area contributed by atoms with Crippen molar-refractivity contribution in [3.05, 3.63) is 103 Å². The number of benzene rings is 6. The van der Waals surface area contributed by atoms with E-state index < -0.39 is 0 Å². The molecule has 138 valence electrons. The molecule has 0 fully saturated rings. The first-order chi connectivity index (χ1) is 14.8. The lowest BCUT2D eigenvalue weighted by Gasteiger charge is -2.14. The minimum Gasteiger partial charge on any atom is -0.256 e. The second-order valence-electron chi connectivity index (χ2n) is 8.08. The average molecular weight is 379 g/mol. The van der Waals surface area contributed by atoms with Crippen molar-refractivity contribution < 1.29 is 0 Å². The third-order valence-corrected chi connectivity index (χ3v) is 6.38. The third kappa shape index (κ3) is 2.15. The first-order valence-electron chi connectivity index (χ1n) is 10.3. The summed E-state index contributed by atoms with van der Waals surface area (Å²) >= 11 is 0. The topological polar surface area (TPSA) is 12.9 Å². The molecule has 0 spiro atoms. The zero-order valence-corrected chi connectivity index (χ0v) is 16.3. The van der Waals surface area contributed by atoms with Gasteiger partial charge in [0.15, 0.2) is 0 Å². The highest BCUT2D eigenvalue weighted by Crippen LogP contribution is 2.40. The van der Waals surface area contributed by atoms with Crippen molar-refractivity contribution in [1.82, 2.24) is 4.98 Å². The molecule has 1 heteroatoms. The van der Waals surface area contributed by atoms with Crippen LogP contribution in [-0.2, 0) is 0 Å². The third-order valence-electron chi connectivity index (χ3n) is 6.38. The molecule has 0 N–H and O–H groups in total. The summed E-state index contributed by atoms with van der Waals surface area (Å²) in [5, 5.41) is 14.0. The van der Waals surface area contributed by atoms with E-state index in [1.54, 1.807) is 0 Å². The molecule has 1 nitrogen and oxygen atoms in total. The maximum atomic E-state index is 4.63. The SMILES string of the molecule is c1ccc2cc3c(cc2c1)c1cc2ccccc2cc1c1cc2ncccc2cc31. The van der Waals surface area contributed by atoms with Gasteiger partial charge in [0.05, 0.1) is 5.52 Å². The molecule has 0 amide bonds. The number of rotatable bonds is 0. The minimum atomic E-state index is 1.04. The molecule has 0 aliphatic rings. The van der Waals surface area contributed by atoms with Gasteiger partial charge < -0.3 is 0 Å². The molecule has 0 saturated heterocycles. The Morgan fingerprint density at radius 1 is 0.367 bits per heavy atom. The van der Waals surface area contributed by atoms with Crippen LogP contribution in [0.5, 0.6) is 0 Å². The smallest absolute Gasteiger partial charge is 0.0708 e. The van der Waals surface area contributed by atoms with Crippen LogP contribution in [0.3, 0.4) is 0 Å². The Hall–Kier alpha value is -3.97. The van der Waals surface area contributed by atoms with Gasteiger partial charge in [-0.15, -0.1) is 0 Å². The largest absolute Gasteiger partial charge is 0.256 e. The van der Waals surface area contributed by atoms with E-state index >= 15 is 0 Å². The van der Waals surface area contributed by atoms with Gasteiger partial charge in [-0.2, -0.15) is 0 Å². The number of aromatic nitrogens is 1. The van der Waals surface area contributed by atoms with Crippen molar-refractivity contribution in [2.24, 2.45) is 0 Å². The predicted octanol–water partition coefficient (Wildman–Crippen LogP) is 8.00. The van der Waals surface area contributed by atoms with Crippen molar-refractivity contribution in [3.8, 4) is 0 Å². The summed E-state index contributed by atoms with van der Waals surface area (Å²) in [6, 6.07) is 35.4. The fraction of sp³-hybridized carbons (Fsp3) is 0. The van der Waals surface area contributed by atoms with E-state index in [-0.39, 0.29) is 0 Å². The molecule has 0 unspecified atom stereocenters. The molecule has 1 aromatic heterocycles. The molecular formula is C29H17N. The van der Waals surface area contributed by atoms with E-state index in [1.165, 1.54) is 59.2 Å². The van der Waals surface area contributed by atoms with Crippen LogP contribution in [-0.4, -0.2) is 4.98 Å². The molecule has 30 heavy (non-hydrogen) atoms. The van der Waals surface area contributed by atoms with Crippen LogP contribution in [0.4, 0.5) is 0 Å². The van der Waals surface area contributed by atoms with E-state index in [0.717, 1.165) is 5.52 Å². The molecule has 0 radical (unpaired) electrons. The molecular weight excluding hydrogens is 362 g/mol. The highest BCUT2D eigenvalue weighted by atomic mass is 14.6. The maximum Gasteiger partial charge on any atom is 0.0708 e. The van der Waals surface area contributed by atoms with Crippen molar-refractivity contribution in [3.63, 3.8) is 0 Å². The molecule has 7 rings (SSSR count). The molecule has 0 aliphatic carbocycles. The van der Waals surface area contributed by atoms with Gasteiger partial charge in [0.1, 0.15) is 0 Å². The van der Waals surface area contributed by atoms with E-state index in [0.29, 0.717) is 0 Å². The Kier molecular flexibility index (Phi) is 3.06. The van der Waals surface area contributed by atoms with Gasteiger partial charge in [-0.1, -0.05) is 54.6 Å². The number of hydrogen-bond donors (Lipinski definition) is 0. The summed E-state index contributed by atoms with van der Waals surface area (Å²) in [6.07, 6.45) is 1.88. The van der Waals surface area contributed by atoms with Crippen molar-refractivity contribution in [2.75, 3.05) is 0 Å². The first-order valence-corrected chi connectivity index (χ1v) is 10.3. The number of pyridine rings is 1. The summed E-state index contributed by atoms with van der Waals surface area (Å²) < 4.78 is 0. The van der Waals surface area contributed by atoms with E-state index in [2.05, 4.69) is 96.0 Å². The standard InChI is InChI=1S/C29H17N/c1-2-8-20-14-25-23(12-18(20)6-1)24-13-19-7-3-4-9-21(19)15-26(24)28-17-29-22(16-27(25)28)10-5-11-30-29/h1-17H. The minimum absolute atomic E-state index is 1.04. The van der Waals surface area contributed by atoms with E-state index in [4.69, 9.17) is 0 Å².